The zero-order chi connectivity index (χ0) is 26.3. The molecule has 2 aromatic carbocycles. The summed E-state index contributed by atoms with van der Waals surface area (Å²) in [5.41, 5.74) is 2.97. The summed E-state index contributed by atoms with van der Waals surface area (Å²) in [6.45, 7) is 1.73. The van der Waals surface area contributed by atoms with Crippen molar-refractivity contribution >= 4 is 34.4 Å². The van der Waals surface area contributed by atoms with Gasteiger partial charge in [0, 0.05) is 54.4 Å². The average molecular weight is 516 g/mol. The molecule has 2 aliphatic rings. The highest BCUT2D eigenvalue weighted by Crippen LogP contribution is 2.36. The summed E-state index contributed by atoms with van der Waals surface area (Å²) < 4.78 is 0. The molecule has 1 aliphatic heterocycles. The molecule has 1 saturated carbocycles. The fraction of sp³-hybridized carbons (Fsp3) is 0.433. The maximum atomic E-state index is 13.4. The lowest BCUT2D eigenvalue weighted by Crippen LogP contribution is -2.48. The SMILES string of the molecule is O=C(NCCc1c[nH]c2ccccc12)C1CC2C(=O)NCCCCCCN(C(=O)Nc3ccccc3)C2C1. The van der Waals surface area contributed by atoms with Crippen molar-refractivity contribution in [3.05, 3.63) is 66.4 Å². The number of benzene rings is 2. The zero-order valence-corrected chi connectivity index (χ0v) is 21.7. The molecule has 4 amide bonds. The molecule has 2 fully saturated rings. The molecule has 2 heterocycles. The summed E-state index contributed by atoms with van der Waals surface area (Å²) in [6, 6.07) is 17.0. The van der Waals surface area contributed by atoms with E-state index < -0.39 is 5.92 Å². The smallest absolute Gasteiger partial charge is 0.322 e. The molecule has 4 N–H and O–H groups in total. The van der Waals surface area contributed by atoms with Crippen molar-refractivity contribution in [2.75, 3.05) is 25.0 Å². The van der Waals surface area contributed by atoms with E-state index in [4.69, 9.17) is 0 Å². The van der Waals surface area contributed by atoms with E-state index in [-0.39, 0.29) is 29.8 Å². The monoisotopic (exact) mass is 515 g/mol. The van der Waals surface area contributed by atoms with Crippen LogP contribution < -0.4 is 16.0 Å². The molecule has 3 aromatic rings. The van der Waals surface area contributed by atoms with Crippen molar-refractivity contribution in [2.45, 2.75) is 51.0 Å². The van der Waals surface area contributed by atoms with E-state index in [0.29, 0.717) is 32.5 Å². The molecule has 8 nitrogen and oxygen atoms in total. The second-order valence-electron chi connectivity index (χ2n) is 10.4. The van der Waals surface area contributed by atoms with Crippen LogP contribution in [0.4, 0.5) is 10.5 Å². The molecule has 5 rings (SSSR count). The first-order valence-electron chi connectivity index (χ1n) is 13.8. The number of anilines is 1. The highest BCUT2D eigenvalue weighted by Gasteiger charge is 2.45. The molecule has 3 unspecified atom stereocenters. The minimum atomic E-state index is -0.404. The molecule has 200 valence electrons. The van der Waals surface area contributed by atoms with Crippen LogP contribution in [-0.2, 0) is 16.0 Å². The lowest BCUT2D eigenvalue weighted by Gasteiger charge is -2.32. The number of amides is 4. The summed E-state index contributed by atoms with van der Waals surface area (Å²) in [7, 11) is 0. The number of nitrogens with one attached hydrogen (secondary N) is 4. The van der Waals surface area contributed by atoms with Gasteiger partial charge >= 0.3 is 6.03 Å². The number of hydrogen-bond donors (Lipinski definition) is 4. The number of para-hydroxylation sites is 2. The van der Waals surface area contributed by atoms with Crippen LogP contribution >= 0.6 is 0 Å². The van der Waals surface area contributed by atoms with Crippen LogP contribution in [0, 0.1) is 11.8 Å². The van der Waals surface area contributed by atoms with Gasteiger partial charge in [-0.05, 0) is 55.9 Å². The lowest BCUT2D eigenvalue weighted by atomic mass is 10.0. The van der Waals surface area contributed by atoms with Crippen LogP contribution in [0.25, 0.3) is 10.9 Å². The third kappa shape index (κ3) is 6.01. The second kappa shape index (κ2) is 12.2. The van der Waals surface area contributed by atoms with Crippen molar-refractivity contribution in [3.63, 3.8) is 0 Å². The molecule has 1 aromatic heterocycles. The fourth-order valence-corrected chi connectivity index (χ4v) is 5.90. The molecule has 38 heavy (non-hydrogen) atoms. The molecule has 3 atom stereocenters. The highest BCUT2D eigenvalue weighted by atomic mass is 16.2. The summed E-state index contributed by atoms with van der Waals surface area (Å²) in [4.78, 5) is 45.0. The van der Waals surface area contributed by atoms with E-state index in [0.717, 1.165) is 43.3 Å². The Kier molecular flexibility index (Phi) is 8.26. The molecule has 8 heteroatoms. The summed E-state index contributed by atoms with van der Waals surface area (Å²) in [5.74, 6) is -0.808. The van der Waals surface area contributed by atoms with Crippen molar-refractivity contribution in [1.29, 1.82) is 0 Å². The Morgan fingerprint density at radius 3 is 2.61 bits per heavy atom. The Bertz CT molecular complexity index is 1260. The summed E-state index contributed by atoms with van der Waals surface area (Å²) in [6.07, 6.45) is 7.48. The van der Waals surface area contributed by atoms with Crippen LogP contribution in [0.2, 0.25) is 0 Å². The van der Waals surface area contributed by atoms with Gasteiger partial charge in [-0.1, -0.05) is 49.2 Å². The lowest BCUT2D eigenvalue weighted by molar-refractivity contribution is -0.126. The number of urea groups is 1. The Hall–Kier alpha value is -3.81. The van der Waals surface area contributed by atoms with E-state index in [1.807, 2.05) is 59.6 Å². The van der Waals surface area contributed by atoms with E-state index in [1.54, 1.807) is 0 Å². The number of carbonyl (C=O) groups is 3. The number of H-pyrrole nitrogens is 1. The predicted octanol–water partition coefficient (Wildman–Crippen LogP) is 4.45. The number of hydrogen-bond acceptors (Lipinski definition) is 3. The van der Waals surface area contributed by atoms with Gasteiger partial charge < -0.3 is 25.8 Å². The van der Waals surface area contributed by atoms with E-state index in [2.05, 4.69) is 27.0 Å². The molecule has 0 bridgehead atoms. The van der Waals surface area contributed by atoms with Crippen LogP contribution in [0.15, 0.2) is 60.8 Å². The molecule has 1 saturated heterocycles. The van der Waals surface area contributed by atoms with Gasteiger partial charge in [0.2, 0.25) is 11.8 Å². The Labute approximate surface area is 223 Å². The number of aromatic amines is 1. The van der Waals surface area contributed by atoms with Crippen molar-refractivity contribution in [1.82, 2.24) is 20.5 Å². The largest absolute Gasteiger partial charge is 0.361 e. The van der Waals surface area contributed by atoms with Crippen molar-refractivity contribution < 1.29 is 14.4 Å². The quantitative estimate of drug-likeness (QED) is 0.403. The Balaban J connectivity index is 1.27. The topological polar surface area (TPSA) is 106 Å². The van der Waals surface area contributed by atoms with Gasteiger partial charge in [-0.25, -0.2) is 4.79 Å². The summed E-state index contributed by atoms with van der Waals surface area (Å²) in [5, 5.41) is 10.3. The number of fused-ring (bicyclic) bond motifs is 2. The maximum Gasteiger partial charge on any atom is 0.322 e. The van der Waals surface area contributed by atoms with E-state index in [9.17, 15) is 14.4 Å². The van der Waals surface area contributed by atoms with Gasteiger partial charge in [0.1, 0.15) is 0 Å². The summed E-state index contributed by atoms with van der Waals surface area (Å²) >= 11 is 0. The average Bonchev–Trinajstić information content (AvgIpc) is 3.55. The van der Waals surface area contributed by atoms with Crippen LogP contribution in [0.1, 0.15) is 44.1 Å². The van der Waals surface area contributed by atoms with Gasteiger partial charge in [0.15, 0.2) is 0 Å². The number of nitrogens with zero attached hydrogens (tertiary/aromatic N) is 1. The third-order valence-corrected chi connectivity index (χ3v) is 7.92. The van der Waals surface area contributed by atoms with Gasteiger partial charge in [-0.3, -0.25) is 9.59 Å². The molecule has 1 aliphatic carbocycles. The van der Waals surface area contributed by atoms with Crippen molar-refractivity contribution in [3.8, 4) is 0 Å². The first-order chi connectivity index (χ1) is 18.6. The number of carbonyl (C=O) groups excluding carboxylic acids is 3. The number of aromatic nitrogens is 1. The minimum absolute atomic E-state index is 0.0411. The second-order valence-corrected chi connectivity index (χ2v) is 10.4. The first-order valence-corrected chi connectivity index (χ1v) is 13.8. The van der Waals surface area contributed by atoms with Crippen LogP contribution in [0.5, 0.6) is 0 Å². The fourth-order valence-electron chi connectivity index (χ4n) is 5.90. The number of rotatable bonds is 5. The Morgan fingerprint density at radius 2 is 1.74 bits per heavy atom. The van der Waals surface area contributed by atoms with E-state index >= 15 is 0 Å². The normalized spacial score (nSPS) is 22.3. The standard InChI is InChI=1S/C30H37N5O3/c36-28(32-16-14-21-20-33-26-13-7-6-12-24(21)26)22-18-25-27(19-22)35(17-9-2-1-8-15-31-29(25)37)30(38)34-23-10-4-3-5-11-23/h3-7,10-13,20,22,25,27,33H,1-2,8-9,14-19H2,(H,31,37)(H,32,36)(H,34,38). The maximum absolute atomic E-state index is 13.4. The minimum Gasteiger partial charge on any atom is -0.361 e. The molecular weight excluding hydrogens is 478 g/mol. The Morgan fingerprint density at radius 1 is 0.947 bits per heavy atom. The molecule has 0 radical (unpaired) electrons. The van der Waals surface area contributed by atoms with E-state index in [1.165, 1.54) is 10.9 Å². The van der Waals surface area contributed by atoms with Gasteiger partial charge in [0.05, 0.1) is 5.92 Å². The zero-order valence-electron chi connectivity index (χ0n) is 21.7. The highest BCUT2D eigenvalue weighted by molar-refractivity contribution is 5.91. The van der Waals surface area contributed by atoms with Gasteiger partial charge in [0.25, 0.3) is 0 Å². The molecule has 0 spiro atoms. The van der Waals surface area contributed by atoms with Crippen LogP contribution in [0.3, 0.4) is 0 Å². The molecular formula is C30H37N5O3. The first kappa shape index (κ1) is 25.8. The van der Waals surface area contributed by atoms with Crippen molar-refractivity contribution in [2.24, 2.45) is 11.8 Å². The van der Waals surface area contributed by atoms with Crippen LogP contribution in [-0.4, -0.2) is 53.4 Å². The predicted molar refractivity (Wildman–Crippen MR) is 149 cm³/mol. The third-order valence-electron chi connectivity index (χ3n) is 7.92. The van der Waals surface area contributed by atoms with Gasteiger partial charge in [-0.15, -0.1) is 0 Å². The van der Waals surface area contributed by atoms with Gasteiger partial charge in [-0.2, -0.15) is 0 Å².